The van der Waals surface area contributed by atoms with Gasteiger partial charge in [-0.25, -0.2) is 8.42 Å². The van der Waals surface area contributed by atoms with E-state index in [0.29, 0.717) is 18.9 Å². The molecular weight excluding hydrogens is 615 g/mol. The fourth-order valence-electron chi connectivity index (χ4n) is 6.09. The van der Waals surface area contributed by atoms with Crippen molar-refractivity contribution < 1.29 is 32.6 Å². The van der Waals surface area contributed by atoms with Gasteiger partial charge in [-0.3, -0.25) is 14.3 Å². The summed E-state index contributed by atoms with van der Waals surface area (Å²) in [6, 6.07) is 7.38. The lowest BCUT2D eigenvalue weighted by Gasteiger charge is -2.36. The fourth-order valence-corrected chi connectivity index (χ4v) is 8.13. The van der Waals surface area contributed by atoms with Gasteiger partial charge >= 0.3 is 0 Å². The highest BCUT2D eigenvalue weighted by atomic mass is 32.2. The molecule has 12 heteroatoms. The van der Waals surface area contributed by atoms with Gasteiger partial charge in [0.25, 0.3) is 15.9 Å². The van der Waals surface area contributed by atoms with Crippen molar-refractivity contribution in [3.05, 3.63) is 41.3 Å². The Kier molecular flexibility index (Phi) is 12.7. The number of amides is 2. The van der Waals surface area contributed by atoms with Crippen LogP contribution < -0.4 is 9.46 Å². The number of hydrogen-bond acceptors (Lipinski definition) is 8. The molecule has 0 spiro atoms. The highest BCUT2D eigenvalue weighted by Gasteiger charge is 2.32. The Bertz CT molecular complexity index is 1360. The number of anilines is 1. The molecule has 2 heterocycles. The first kappa shape index (κ1) is 35.2. The van der Waals surface area contributed by atoms with Gasteiger partial charge in [-0.05, 0) is 75.6 Å². The molecule has 1 aromatic heterocycles. The molecule has 0 radical (unpaired) electrons. The third-order valence-electron chi connectivity index (χ3n) is 8.85. The van der Waals surface area contributed by atoms with Crippen molar-refractivity contribution >= 4 is 38.9 Å². The second kappa shape index (κ2) is 16.2. The summed E-state index contributed by atoms with van der Waals surface area (Å²) in [6.07, 6.45) is 7.08. The maximum atomic E-state index is 14.3. The van der Waals surface area contributed by atoms with Crippen LogP contribution in [0.3, 0.4) is 0 Å². The zero-order valence-electron chi connectivity index (χ0n) is 26.9. The van der Waals surface area contributed by atoms with E-state index in [4.69, 9.17) is 9.47 Å². The fraction of sp³-hybridized carbons (Fsp3) is 0.636. The standard InChI is InChI=1S/C33H49N3O7S2/c1-23-20-36(24(2)22-37)33(39)28-19-27(34-45(40,41)31-14-10-18-44-31)15-16-29(28)43-25(3)11-8-9-17-42-30(23)21-35(4)32(38)26-12-6-5-7-13-26/h10,14-16,18-19,23-26,30,34,37H,5-9,11-13,17,20-22H2,1-4H3/t23-,24-,25+,30-/m1/s1. The van der Waals surface area contributed by atoms with Gasteiger partial charge in [0.2, 0.25) is 5.91 Å². The van der Waals surface area contributed by atoms with Gasteiger partial charge in [-0.1, -0.05) is 32.3 Å². The number of carbonyl (C=O) groups excluding carboxylic acids is 2. The lowest BCUT2D eigenvalue weighted by Crippen LogP contribution is -2.48. The summed E-state index contributed by atoms with van der Waals surface area (Å²) in [5.74, 6) is 0.00651. The number of sulfonamides is 1. The Hall–Kier alpha value is -2.67. The third kappa shape index (κ3) is 9.43. The van der Waals surface area contributed by atoms with Crippen LogP contribution in [0.25, 0.3) is 0 Å². The van der Waals surface area contributed by atoms with Crippen LogP contribution in [0.2, 0.25) is 0 Å². The minimum absolute atomic E-state index is 0.0504. The van der Waals surface area contributed by atoms with Crippen LogP contribution in [0.5, 0.6) is 5.75 Å². The van der Waals surface area contributed by atoms with Gasteiger partial charge < -0.3 is 24.4 Å². The number of nitrogens with zero attached hydrogens (tertiary/aromatic N) is 2. The average molecular weight is 664 g/mol. The van der Waals surface area contributed by atoms with Crippen LogP contribution in [0.1, 0.15) is 82.5 Å². The molecule has 1 aliphatic heterocycles. The minimum Gasteiger partial charge on any atom is -0.490 e. The Morgan fingerprint density at radius 1 is 1.13 bits per heavy atom. The number of carbonyl (C=O) groups is 2. The maximum Gasteiger partial charge on any atom is 0.271 e. The summed E-state index contributed by atoms with van der Waals surface area (Å²) >= 11 is 1.10. The van der Waals surface area contributed by atoms with Crippen molar-refractivity contribution in [2.45, 2.75) is 94.6 Å². The van der Waals surface area contributed by atoms with Crippen LogP contribution in [-0.2, 0) is 19.6 Å². The van der Waals surface area contributed by atoms with Crippen LogP contribution in [0.15, 0.2) is 39.9 Å². The van der Waals surface area contributed by atoms with Crippen LogP contribution in [0.4, 0.5) is 5.69 Å². The van der Waals surface area contributed by atoms with Gasteiger partial charge in [0.15, 0.2) is 0 Å². The zero-order valence-corrected chi connectivity index (χ0v) is 28.6. The Morgan fingerprint density at radius 2 is 1.87 bits per heavy atom. The first-order valence-electron chi connectivity index (χ1n) is 16.2. The summed E-state index contributed by atoms with van der Waals surface area (Å²) in [5.41, 5.74) is 0.446. The van der Waals surface area contributed by atoms with E-state index in [1.54, 1.807) is 40.3 Å². The normalized spacial score (nSPS) is 23.4. The number of nitrogens with one attached hydrogen (secondary N) is 1. The number of thiophene rings is 1. The van der Waals surface area contributed by atoms with Crippen LogP contribution in [-0.4, -0.2) is 86.7 Å². The Labute approximate surface area is 272 Å². The zero-order chi connectivity index (χ0) is 32.6. The predicted molar refractivity (Wildman–Crippen MR) is 176 cm³/mol. The summed E-state index contributed by atoms with van der Waals surface area (Å²) < 4.78 is 41.4. The molecule has 4 atom stereocenters. The number of rotatable bonds is 8. The molecule has 1 fully saturated rings. The van der Waals surface area contributed by atoms with Gasteiger partial charge in [-0.2, -0.15) is 0 Å². The van der Waals surface area contributed by atoms with E-state index in [2.05, 4.69) is 4.72 Å². The number of fused-ring (bicyclic) bond motifs is 1. The van der Waals surface area contributed by atoms with E-state index in [9.17, 15) is 23.1 Å². The summed E-state index contributed by atoms with van der Waals surface area (Å²) in [4.78, 5) is 31.0. The molecule has 0 unspecified atom stereocenters. The summed E-state index contributed by atoms with van der Waals surface area (Å²) in [6.45, 7) is 6.66. The molecule has 2 aliphatic rings. The van der Waals surface area contributed by atoms with Gasteiger partial charge in [0.1, 0.15) is 9.96 Å². The van der Waals surface area contributed by atoms with Gasteiger partial charge in [0, 0.05) is 44.3 Å². The summed E-state index contributed by atoms with van der Waals surface area (Å²) in [5, 5.41) is 11.9. The lowest BCUT2D eigenvalue weighted by molar-refractivity contribution is -0.137. The lowest BCUT2D eigenvalue weighted by atomic mass is 9.88. The van der Waals surface area contributed by atoms with Gasteiger partial charge in [-0.15, -0.1) is 11.3 Å². The van der Waals surface area contributed by atoms with Crippen LogP contribution in [0, 0.1) is 11.8 Å². The molecule has 2 amide bonds. The number of aliphatic hydroxyl groups excluding tert-OH is 1. The van der Waals surface area contributed by atoms with E-state index in [0.717, 1.165) is 56.3 Å². The second-order valence-electron chi connectivity index (χ2n) is 12.6. The molecule has 1 aromatic carbocycles. The number of likely N-dealkylation sites (N-methyl/N-ethyl adjacent to an activating group) is 1. The minimum atomic E-state index is -3.84. The first-order valence-corrected chi connectivity index (χ1v) is 18.5. The molecular formula is C33H49N3O7S2. The smallest absolute Gasteiger partial charge is 0.271 e. The van der Waals surface area contributed by atoms with Crippen LogP contribution >= 0.6 is 11.3 Å². The SMILES string of the molecule is C[C@@H]1CN([C@H](C)CO)C(=O)c2cc(NS(=O)(=O)c3cccs3)ccc2O[C@@H](C)CCCCO[C@@H]1CN(C)C(=O)C1CCCCC1. The molecule has 0 bridgehead atoms. The van der Waals surface area contributed by atoms with E-state index < -0.39 is 16.1 Å². The molecule has 0 saturated heterocycles. The number of benzene rings is 1. The Morgan fingerprint density at radius 3 is 2.56 bits per heavy atom. The number of aliphatic hydroxyl groups is 1. The average Bonchev–Trinajstić information content (AvgIpc) is 3.59. The maximum absolute atomic E-state index is 14.3. The van der Waals surface area contributed by atoms with E-state index in [-0.39, 0.29) is 64.5 Å². The molecule has 2 aromatic rings. The quantitative estimate of drug-likeness (QED) is 0.388. The number of hydrogen-bond donors (Lipinski definition) is 2. The predicted octanol–water partition coefficient (Wildman–Crippen LogP) is 5.38. The van der Waals surface area contributed by atoms with Crippen molar-refractivity contribution in [2.24, 2.45) is 11.8 Å². The second-order valence-corrected chi connectivity index (χ2v) is 15.5. The third-order valence-corrected chi connectivity index (χ3v) is 11.6. The van der Waals surface area contributed by atoms with Crippen molar-refractivity contribution in [3.8, 4) is 5.75 Å². The van der Waals surface area contributed by atoms with Crippen molar-refractivity contribution in [2.75, 3.05) is 38.1 Å². The molecule has 45 heavy (non-hydrogen) atoms. The van der Waals surface area contributed by atoms with E-state index in [1.165, 1.54) is 18.6 Å². The van der Waals surface area contributed by atoms with Crippen molar-refractivity contribution in [3.63, 3.8) is 0 Å². The topological polar surface area (TPSA) is 125 Å². The van der Waals surface area contributed by atoms with Gasteiger partial charge in [0.05, 0.1) is 30.4 Å². The number of ether oxygens (including phenoxy) is 2. The van der Waals surface area contributed by atoms with Crippen molar-refractivity contribution in [1.29, 1.82) is 0 Å². The van der Waals surface area contributed by atoms with Crippen molar-refractivity contribution in [1.82, 2.24) is 9.80 Å². The highest BCUT2D eigenvalue weighted by Crippen LogP contribution is 2.30. The van der Waals surface area contributed by atoms with E-state index >= 15 is 0 Å². The molecule has 1 aliphatic carbocycles. The molecule has 4 rings (SSSR count). The highest BCUT2D eigenvalue weighted by molar-refractivity contribution is 7.94. The van der Waals surface area contributed by atoms with E-state index in [1.807, 2.05) is 20.9 Å². The molecule has 250 valence electrons. The summed E-state index contributed by atoms with van der Waals surface area (Å²) in [7, 11) is -2.00. The monoisotopic (exact) mass is 663 g/mol. The largest absolute Gasteiger partial charge is 0.490 e. The molecule has 1 saturated carbocycles. The first-order chi connectivity index (χ1) is 21.5. The Balaban J connectivity index is 1.63. The molecule has 2 N–H and O–H groups in total. The molecule has 10 nitrogen and oxygen atoms in total.